The van der Waals surface area contributed by atoms with Crippen LogP contribution in [-0.4, -0.2) is 96.7 Å². The van der Waals surface area contributed by atoms with Crippen LogP contribution in [0.3, 0.4) is 0 Å². The third-order valence-corrected chi connectivity index (χ3v) is 16.5. The first-order valence-electron chi connectivity index (χ1n) is 36.4. The van der Waals surface area contributed by atoms with Gasteiger partial charge in [-0.25, -0.2) is 9.13 Å². The van der Waals surface area contributed by atoms with Crippen LogP contribution in [0.5, 0.6) is 0 Å². The van der Waals surface area contributed by atoms with Gasteiger partial charge in [-0.05, 0) is 128 Å². The summed E-state index contributed by atoms with van der Waals surface area (Å²) in [7, 11) is -9.98. The normalized spacial score (nSPS) is 14.8. The lowest BCUT2D eigenvalue weighted by Gasteiger charge is -2.21. The molecule has 0 aliphatic heterocycles. The number of phosphoric acid groups is 2. The SMILES string of the molecule is CC/C=C\C/C=C\C/C=C\C/C=C\C/C=C\CC(=O)OCC(COP(=O)(O)OCC(O)COP(=O)(O)OCC(COC(=O)CCCCCCCC/C=C\C/C=C\C/C=C\C/C=C\CC)OC(=O)CCCCCCC/C=C\CCCC)OC(=O)CCCCCCC/C=C\CCCC. The first kappa shape index (κ1) is 91.2. The fourth-order valence-corrected chi connectivity index (χ4v) is 10.6. The molecule has 19 heteroatoms. The molecular formula is C77H128O17P2. The summed E-state index contributed by atoms with van der Waals surface area (Å²) in [6, 6.07) is 0. The number of carbonyl (C=O) groups excluding carboxylic acids is 4. The second kappa shape index (κ2) is 68.7. The highest BCUT2D eigenvalue weighted by Gasteiger charge is 2.30. The molecule has 0 heterocycles. The van der Waals surface area contributed by atoms with Crippen molar-refractivity contribution in [2.24, 2.45) is 0 Å². The van der Waals surface area contributed by atoms with Gasteiger partial charge in [-0.1, -0.05) is 251 Å². The molecule has 5 unspecified atom stereocenters. The van der Waals surface area contributed by atoms with Crippen molar-refractivity contribution >= 4 is 39.5 Å². The Labute approximate surface area is 580 Å². The van der Waals surface area contributed by atoms with Crippen LogP contribution in [0.1, 0.15) is 272 Å². The molecule has 0 aromatic carbocycles. The molecular weight excluding hydrogens is 1260 g/mol. The summed E-state index contributed by atoms with van der Waals surface area (Å²) >= 11 is 0. The number of carbonyl (C=O) groups is 4. The number of phosphoric ester groups is 2. The van der Waals surface area contributed by atoms with E-state index in [0.29, 0.717) is 25.7 Å². The Bertz CT molecular complexity index is 2350. The van der Waals surface area contributed by atoms with Gasteiger partial charge in [-0.15, -0.1) is 0 Å². The zero-order valence-corrected chi connectivity index (χ0v) is 61.3. The molecule has 0 rings (SSSR count). The topological polar surface area (TPSA) is 237 Å². The Kier molecular flexibility index (Phi) is 65.3. The first-order valence-corrected chi connectivity index (χ1v) is 39.4. The number of allylic oxidation sites excluding steroid dienone is 21. The molecule has 0 bridgehead atoms. The average molecular weight is 1390 g/mol. The molecule has 0 saturated heterocycles. The molecule has 5 atom stereocenters. The predicted octanol–water partition coefficient (Wildman–Crippen LogP) is 20.5. The first-order chi connectivity index (χ1) is 46.7. The second-order valence-corrected chi connectivity index (χ2v) is 26.7. The number of hydrogen-bond acceptors (Lipinski definition) is 15. The highest BCUT2D eigenvalue weighted by Crippen LogP contribution is 2.45. The largest absolute Gasteiger partial charge is 0.472 e. The summed E-state index contributed by atoms with van der Waals surface area (Å²) in [6.07, 6.45) is 75.0. The molecule has 0 amide bonds. The lowest BCUT2D eigenvalue weighted by Crippen LogP contribution is -2.30. The van der Waals surface area contributed by atoms with Crippen molar-refractivity contribution in [1.82, 2.24) is 0 Å². The smallest absolute Gasteiger partial charge is 0.462 e. The van der Waals surface area contributed by atoms with E-state index in [1.54, 1.807) is 6.08 Å². The maximum Gasteiger partial charge on any atom is 0.472 e. The van der Waals surface area contributed by atoms with E-state index < -0.39 is 97.5 Å². The van der Waals surface area contributed by atoms with Crippen molar-refractivity contribution in [3.8, 4) is 0 Å². The molecule has 0 aromatic heterocycles. The summed E-state index contributed by atoms with van der Waals surface area (Å²) in [5, 5.41) is 10.6. The zero-order valence-electron chi connectivity index (χ0n) is 59.5. The van der Waals surface area contributed by atoms with Crippen LogP contribution in [0.2, 0.25) is 0 Å². The Hall–Kier alpha value is -4.80. The van der Waals surface area contributed by atoms with Crippen LogP contribution in [0.4, 0.5) is 0 Å². The number of unbranched alkanes of at least 4 members (excludes halogenated alkanes) is 20. The quantitative estimate of drug-likeness (QED) is 0.0169. The van der Waals surface area contributed by atoms with Crippen LogP contribution < -0.4 is 0 Å². The van der Waals surface area contributed by atoms with E-state index in [1.807, 2.05) is 18.2 Å². The Morgan fingerprint density at radius 3 is 0.938 bits per heavy atom. The molecule has 0 aliphatic rings. The van der Waals surface area contributed by atoms with Crippen molar-refractivity contribution in [1.29, 1.82) is 0 Å². The Morgan fingerprint density at radius 2 is 0.583 bits per heavy atom. The lowest BCUT2D eigenvalue weighted by atomic mass is 10.1. The number of aliphatic hydroxyl groups excluding tert-OH is 1. The fourth-order valence-electron chi connectivity index (χ4n) is 9.07. The molecule has 0 aromatic rings. The summed E-state index contributed by atoms with van der Waals surface area (Å²) < 4.78 is 68.1. The van der Waals surface area contributed by atoms with E-state index in [2.05, 4.69) is 137 Å². The summed E-state index contributed by atoms with van der Waals surface area (Å²) in [5.41, 5.74) is 0. The monoisotopic (exact) mass is 1390 g/mol. The summed E-state index contributed by atoms with van der Waals surface area (Å²) in [5.74, 6) is -2.37. The van der Waals surface area contributed by atoms with Gasteiger partial charge in [-0.2, -0.15) is 0 Å². The predicted molar refractivity (Wildman–Crippen MR) is 390 cm³/mol. The van der Waals surface area contributed by atoms with Crippen molar-refractivity contribution in [3.63, 3.8) is 0 Å². The number of hydrogen-bond donors (Lipinski definition) is 3. The zero-order chi connectivity index (χ0) is 70.4. The molecule has 0 spiro atoms. The van der Waals surface area contributed by atoms with Gasteiger partial charge in [0.1, 0.15) is 19.3 Å². The molecule has 3 N–H and O–H groups in total. The van der Waals surface area contributed by atoms with Gasteiger partial charge in [0, 0.05) is 19.3 Å². The summed E-state index contributed by atoms with van der Waals surface area (Å²) in [4.78, 5) is 72.6. The minimum absolute atomic E-state index is 0.0620. The van der Waals surface area contributed by atoms with Crippen molar-refractivity contribution < 1.29 is 80.2 Å². The van der Waals surface area contributed by atoms with Gasteiger partial charge in [-0.3, -0.25) is 37.3 Å². The van der Waals surface area contributed by atoms with E-state index in [4.69, 9.17) is 37.0 Å². The Balaban J connectivity index is 5.36. The van der Waals surface area contributed by atoms with Crippen molar-refractivity contribution in [2.75, 3.05) is 39.6 Å². The number of ether oxygens (including phenoxy) is 4. The summed E-state index contributed by atoms with van der Waals surface area (Å²) in [6.45, 7) is 4.39. The van der Waals surface area contributed by atoms with Crippen LogP contribution in [0.15, 0.2) is 134 Å². The standard InChI is InChI=1S/C77H128O17P2/c1-5-9-13-17-21-25-29-31-33-34-35-36-38-40-44-46-50-54-58-62-75(80)88-68-73(94-77(82)64-60-56-52-48-42-28-24-20-16-12-8-4)70-92-96(85,86)90-66-71(78)65-89-95(83,84)91-69-72(93-76(81)63-59-55-51-47-41-27-23-19-15-11-7-3)67-87-74(79)61-57-53-49-45-43-39-37-32-30-26-22-18-14-10-6-2/h9-10,13-14,19-26,31-33,35-37,43,45,53,57,71-73,78H,5-8,11-12,15-18,27-30,34,38-42,44,46-52,54-56,58-70H2,1-4H3,(H,83,84)(H,85,86)/b13-9-,14-10-,23-19-,24-20-,25-21-,26-22-,33-31-,36-35-,37-32-,45-43-,57-53-. The molecule has 0 radical (unpaired) electrons. The minimum Gasteiger partial charge on any atom is -0.462 e. The van der Waals surface area contributed by atoms with Gasteiger partial charge in [0.05, 0.1) is 32.8 Å². The lowest BCUT2D eigenvalue weighted by molar-refractivity contribution is -0.161. The molecule has 0 saturated carbocycles. The molecule has 0 aliphatic carbocycles. The second-order valence-electron chi connectivity index (χ2n) is 23.8. The van der Waals surface area contributed by atoms with E-state index in [0.717, 1.165) is 167 Å². The number of rotatable bonds is 67. The maximum absolute atomic E-state index is 13.0. The van der Waals surface area contributed by atoms with Gasteiger partial charge in [0.2, 0.25) is 0 Å². The van der Waals surface area contributed by atoms with Crippen LogP contribution in [-0.2, 0) is 65.4 Å². The molecule has 17 nitrogen and oxygen atoms in total. The van der Waals surface area contributed by atoms with Crippen molar-refractivity contribution in [3.05, 3.63) is 134 Å². The van der Waals surface area contributed by atoms with Gasteiger partial charge < -0.3 is 33.8 Å². The maximum atomic E-state index is 13.0. The highest BCUT2D eigenvalue weighted by atomic mass is 31.2. The highest BCUT2D eigenvalue weighted by molar-refractivity contribution is 7.47. The molecule has 0 fully saturated rings. The van der Waals surface area contributed by atoms with E-state index >= 15 is 0 Å². The number of aliphatic hydroxyl groups is 1. The van der Waals surface area contributed by atoms with Crippen LogP contribution >= 0.6 is 15.6 Å². The van der Waals surface area contributed by atoms with E-state index in [-0.39, 0.29) is 25.7 Å². The molecule has 96 heavy (non-hydrogen) atoms. The third kappa shape index (κ3) is 67.8. The van der Waals surface area contributed by atoms with Gasteiger partial charge in [0.25, 0.3) is 0 Å². The minimum atomic E-state index is -4.99. The van der Waals surface area contributed by atoms with E-state index in [1.165, 1.54) is 25.7 Å². The third-order valence-electron chi connectivity index (χ3n) is 14.6. The fraction of sp³-hybridized carbons (Fsp3) is 0.662. The van der Waals surface area contributed by atoms with Gasteiger partial charge >= 0.3 is 39.5 Å². The number of esters is 4. The van der Waals surface area contributed by atoms with Gasteiger partial charge in [0.15, 0.2) is 12.2 Å². The van der Waals surface area contributed by atoms with Crippen LogP contribution in [0.25, 0.3) is 0 Å². The average Bonchev–Trinajstić information content (AvgIpc) is 1.56. The van der Waals surface area contributed by atoms with E-state index in [9.17, 15) is 43.2 Å². The molecule has 548 valence electrons. The van der Waals surface area contributed by atoms with Crippen molar-refractivity contribution in [2.45, 2.75) is 290 Å². The Morgan fingerprint density at radius 1 is 0.312 bits per heavy atom. The van der Waals surface area contributed by atoms with Crippen LogP contribution in [0, 0.1) is 0 Å².